The molecule has 0 heterocycles. The first-order valence-electron chi connectivity index (χ1n) is 6.38. The molecular weight excluding hydrogens is 267 g/mol. The number of nitrogens with zero attached hydrogens (tertiary/aromatic N) is 1. The largest absolute Gasteiger partial charge is 0.316 e. The lowest BCUT2D eigenvalue weighted by Gasteiger charge is -2.33. The quantitative estimate of drug-likeness (QED) is 0.896. The van der Waals surface area contributed by atoms with E-state index in [1.165, 1.54) is 23.5 Å². The highest BCUT2D eigenvalue weighted by Crippen LogP contribution is 2.29. The molecule has 1 aliphatic carbocycles. The van der Waals surface area contributed by atoms with Crippen molar-refractivity contribution in [3.05, 3.63) is 29.6 Å². The summed E-state index contributed by atoms with van der Waals surface area (Å²) in [5, 5.41) is 2.93. The molecule has 6 heteroatoms. The van der Waals surface area contributed by atoms with E-state index in [0.717, 1.165) is 24.8 Å². The number of halogens is 1. The first-order valence-corrected chi connectivity index (χ1v) is 7.82. The van der Waals surface area contributed by atoms with Gasteiger partial charge in [-0.1, -0.05) is 12.5 Å². The van der Waals surface area contributed by atoms with Crippen LogP contribution in [0.15, 0.2) is 23.1 Å². The monoisotopic (exact) mass is 286 g/mol. The third-order valence-electron chi connectivity index (χ3n) is 3.62. The van der Waals surface area contributed by atoms with E-state index in [-0.39, 0.29) is 10.9 Å². The van der Waals surface area contributed by atoms with Crippen molar-refractivity contribution in [1.29, 1.82) is 0 Å². The normalized spacial score (nSPS) is 16.6. The molecule has 0 bridgehead atoms. The maximum atomic E-state index is 13.8. The maximum Gasteiger partial charge on any atom is 0.245 e. The van der Waals surface area contributed by atoms with Gasteiger partial charge in [-0.15, -0.1) is 0 Å². The Hall–Kier alpha value is -0.980. The van der Waals surface area contributed by atoms with Crippen molar-refractivity contribution in [3.8, 4) is 0 Å². The Balaban J connectivity index is 2.35. The summed E-state index contributed by atoms with van der Waals surface area (Å²) in [6.45, 7) is 0.510. The SMILES string of the molecule is CNCc1ccc(F)c(S(=O)(=O)N(C)C2CCC2)c1. The minimum absolute atomic E-state index is 0.0114. The topological polar surface area (TPSA) is 49.4 Å². The molecule has 0 unspecified atom stereocenters. The fraction of sp³-hybridized carbons (Fsp3) is 0.538. The summed E-state index contributed by atoms with van der Waals surface area (Å²) < 4.78 is 39.9. The minimum atomic E-state index is -3.74. The average Bonchev–Trinajstić information content (AvgIpc) is 2.29. The molecule has 0 saturated heterocycles. The van der Waals surface area contributed by atoms with E-state index in [4.69, 9.17) is 0 Å². The summed E-state index contributed by atoms with van der Waals surface area (Å²) in [5.41, 5.74) is 0.754. The van der Waals surface area contributed by atoms with Gasteiger partial charge in [0.05, 0.1) is 0 Å². The fourth-order valence-corrected chi connectivity index (χ4v) is 3.69. The van der Waals surface area contributed by atoms with E-state index in [0.29, 0.717) is 6.54 Å². The first-order chi connectivity index (χ1) is 8.96. The van der Waals surface area contributed by atoms with Gasteiger partial charge in [0.15, 0.2) is 0 Å². The molecule has 1 fully saturated rings. The lowest BCUT2D eigenvalue weighted by molar-refractivity contribution is 0.249. The van der Waals surface area contributed by atoms with Crippen molar-refractivity contribution in [2.75, 3.05) is 14.1 Å². The molecule has 19 heavy (non-hydrogen) atoms. The van der Waals surface area contributed by atoms with Gasteiger partial charge in [0.25, 0.3) is 0 Å². The second-order valence-electron chi connectivity index (χ2n) is 4.90. The molecule has 1 saturated carbocycles. The molecular formula is C13H19FN2O2S. The van der Waals surface area contributed by atoms with E-state index < -0.39 is 15.8 Å². The van der Waals surface area contributed by atoms with Crippen LogP contribution >= 0.6 is 0 Å². The number of benzene rings is 1. The third-order valence-corrected chi connectivity index (χ3v) is 5.55. The Bertz CT molecular complexity index is 556. The number of nitrogens with one attached hydrogen (secondary N) is 1. The summed E-state index contributed by atoms with van der Waals surface area (Å²) in [4.78, 5) is -0.227. The lowest BCUT2D eigenvalue weighted by Crippen LogP contribution is -2.41. The number of hydrogen-bond acceptors (Lipinski definition) is 3. The molecule has 1 aromatic carbocycles. The van der Waals surface area contributed by atoms with Crippen LogP contribution in [0.1, 0.15) is 24.8 Å². The van der Waals surface area contributed by atoms with Gasteiger partial charge in [0.2, 0.25) is 10.0 Å². The Kier molecular flexibility index (Phi) is 4.23. The minimum Gasteiger partial charge on any atom is -0.316 e. The van der Waals surface area contributed by atoms with Gasteiger partial charge >= 0.3 is 0 Å². The van der Waals surface area contributed by atoms with Crippen molar-refractivity contribution < 1.29 is 12.8 Å². The number of rotatable bonds is 5. The van der Waals surface area contributed by atoms with E-state index in [1.54, 1.807) is 13.1 Å². The van der Waals surface area contributed by atoms with E-state index >= 15 is 0 Å². The summed E-state index contributed by atoms with van der Waals surface area (Å²) in [6, 6.07) is 4.23. The Labute approximate surface area is 113 Å². The van der Waals surface area contributed by atoms with Crippen molar-refractivity contribution in [1.82, 2.24) is 9.62 Å². The van der Waals surface area contributed by atoms with Crippen LogP contribution in [-0.4, -0.2) is 32.9 Å². The Morgan fingerprint density at radius 2 is 2.11 bits per heavy atom. The Morgan fingerprint density at radius 3 is 2.63 bits per heavy atom. The van der Waals surface area contributed by atoms with Gasteiger partial charge in [-0.3, -0.25) is 0 Å². The number of hydrogen-bond donors (Lipinski definition) is 1. The van der Waals surface area contributed by atoms with Crippen LogP contribution in [0, 0.1) is 5.82 Å². The highest BCUT2D eigenvalue weighted by atomic mass is 32.2. The zero-order valence-electron chi connectivity index (χ0n) is 11.2. The van der Waals surface area contributed by atoms with Crippen LogP contribution in [0.25, 0.3) is 0 Å². The molecule has 0 amide bonds. The van der Waals surface area contributed by atoms with Crippen molar-refractivity contribution in [2.24, 2.45) is 0 Å². The molecule has 1 aromatic rings. The predicted octanol–water partition coefficient (Wildman–Crippen LogP) is 1.72. The fourth-order valence-electron chi connectivity index (χ4n) is 2.16. The van der Waals surface area contributed by atoms with Crippen LogP contribution in [0.2, 0.25) is 0 Å². The Morgan fingerprint density at radius 1 is 1.42 bits per heavy atom. The van der Waals surface area contributed by atoms with Crippen LogP contribution in [0.3, 0.4) is 0 Å². The lowest BCUT2D eigenvalue weighted by atomic mass is 9.94. The summed E-state index contributed by atoms with van der Waals surface area (Å²) in [6.07, 6.45) is 2.74. The van der Waals surface area contributed by atoms with Crippen molar-refractivity contribution in [2.45, 2.75) is 36.7 Å². The van der Waals surface area contributed by atoms with Gasteiger partial charge in [0.1, 0.15) is 10.7 Å². The van der Waals surface area contributed by atoms with Crippen LogP contribution in [0.5, 0.6) is 0 Å². The molecule has 106 valence electrons. The molecule has 1 aliphatic rings. The summed E-state index contributed by atoms with van der Waals surface area (Å²) in [5.74, 6) is -0.689. The highest BCUT2D eigenvalue weighted by molar-refractivity contribution is 7.89. The van der Waals surface area contributed by atoms with E-state index in [9.17, 15) is 12.8 Å². The van der Waals surface area contributed by atoms with Crippen molar-refractivity contribution in [3.63, 3.8) is 0 Å². The van der Waals surface area contributed by atoms with Crippen LogP contribution in [-0.2, 0) is 16.6 Å². The molecule has 1 N–H and O–H groups in total. The molecule has 4 nitrogen and oxygen atoms in total. The van der Waals surface area contributed by atoms with E-state index in [1.807, 2.05) is 0 Å². The second-order valence-corrected chi connectivity index (χ2v) is 6.87. The van der Waals surface area contributed by atoms with Gasteiger partial charge in [-0.2, -0.15) is 4.31 Å². The second kappa shape index (κ2) is 5.56. The van der Waals surface area contributed by atoms with Gasteiger partial charge in [-0.25, -0.2) is 12.8 Å². The van der Waals surface area contributed by atoms with Gasteiger partial charge < -0.3 is 5.32 Å². The molecule has 0 spiro atoms. The molecule has 2 rings (SSSR count). The number of sulfonamides is 1. The molecule has 0 aromatic heterocycles. The van der Waals surface area contributed by atoms with E-state index in [2.05, 4.69) is 5.32 Å². The van der Waals surface area contributed by atoms with Crippen molar-refractivity contribution >= 4 is 10.0 Å². The van der Waals surface area contributed by atoms with Crippen LogP contribution in [0.4, 0.5) is 4.39 Å². The maximum absolute atomic E-state index is 13.8. The average molecular weight is 286 g/mol. The predicted molar refractivity (Wildman–Crippen MR) is 71.8 cm³/mol. The first kappa shape index (κ1) is 14.4. The highest BCUT2D eigenvalue weighted by Gasteiger charge is 2.33. The standard InChI is InChI=1S/C13H19FN2O2S/c1-15-9-10-6-7-12(14)13(8-10)19(17,18)16(2)11-4-3-5-11/h6-8,11,15H,3-5,9H2,1-2H3. The molecule has 0 aliphatic heterocycles. The zero-order valence-corrected chi connectivity index (χ0v) is 12.0. The molecule has 0 radical (unpaired) electrons. The van der Waals surface area contributed by atoms with Crippen LogP contribution < -0.4 is 5.32 Å². The van der Waals surface area contributed by atoms with Gasteiger partial charge in [0, 0.05) is 19.6 Å². The van der Waals surface area contributed by atoms with Gasteiger partial charge in [-0.05, 0) is 37.6 Å². The summed E-state index contributed by atoms with van der Waals surface area (Å²) in [7, 11) is -0.447. The third kappa shape index (κ3) is 2.80. The smallest absolute Gasteiger partial charge is 0.245 e. The molecule has 0 atom stereocenters. The zero-order chi connectivity index (χ0) is 14.0. The summed E-state index contributed by atoms with van der Waals surface area (Å²) >= 11 is 0.